The second-order valence-corrected chi connectivity index (χ2v) is 6.79. The molecule has 9 heteroatoms. The molecule has 1 fully saturated rings. The molecule has 0 saturated carbocycles. The number of pyridine rings is 1. The zero-order valence-corrected chi connectivity index (χ0v) is 15.4. The van der Waals surface area contributed by atoms with Crippen molar-refractivity contribution in [3.63, 3.8) is 0 Å². The smallest absolute Gasteiger partial charge is 0.173 e. The van der Waals surface area contributed by atoms with Gasteiger partial charge >= 0.3 is 0 Å². The largest absolute Gasteiger partial charge is 0.398 e. The summed E-state index contributed by atoms with van der Waals surface area (Å²) in [5.41, 5.74) is 14.1. The van der Waals surface area contributed by atoms with Gasteiger partial charge in [0, 0.05) is 56.0 Å². The Hall–Kier alpha value is -3.20. The fourth-order valence-corrected chi connectivity index (χ4v) is 3.41. The van der Waals surface area contributed by atoms with Gasteiger partial charge in [-0.2, -0.15) is 0 Å². The van der Waals surface area contributed by atoms with Crippen LogP contribution in [-0.2, 0) is 0 Å². The lowest BCUT2D eigenvalue weighted by molar-refractivity contribution is 0.584. The van der Waals surface area contributed by atoms with Gasteiger partial charge in [0.2, 0.25) is 0 Å². The highest BCUT2D eigenvalue weighted by Gasteiger charge is 2.18. The van der Waals surface area contributed by atoms with E-state index in [0.29, 0.717) is 11.4 Å². The first kappa shape index (κ1) is 18.2. The van der Waals surface area contributed by atoms with Gasteiger partial charge < -0.3 is 26.1 Å². The molecule has 3 aromatic rings. The number of hydrogen-bond acceptors (Lipinski definition) is 5. The molecule has 1 aromatic carbocycles. The van der Waals surface area contributed by atoms with Crippen molar-refractivity contribution < 1.29 is 8.78 Å². The number of nitrogens with zero attached hydrogens (tertiary/aromatic N) is 4. The number of anilines is 2. The first-order valence-electron chi connectivity index (χ1n) is 8.96. The number of nitrogen functional groups attached to an aromatic ring is 1. The van der Waals surface area contributed by atoms with Gasteiger partial charge in [-0.1, -0.05) is 0 Å². The Balaban J connectivity index is 1.70. The minimum Gasteiger partial charge on any atom is -0.398 e. The van der Waals surface area contributed by atoms with E-state index in [-0.39, 0.29) is 28.4 Å². The number of nitrogens with one attached hydrogen (secondary N) is 1. The third kappa shape index (κ3) is 3.36. The summed E-state index contributed by atoms with van der Waals surface area (Å²) in [6.07, 6.45) is 3.25. The second kappa shape index (κ2) is 7.08. The molecule has 0 spiro atoms. The van der Waals surface area contributed by atoms with Crippen LogP contribution in [-0.4, -0.2) is 41.4 Å². The molecular formula is C19H21F2N7. The zero-order chi connectivity index (χ0) is 19.8. The number of imidazole rings is 1. The van der Waals surface area contributed by atoms with Crippen LogP contribution in [0.1, 0.15) is 11.3 Å². The fraction of sp³-hybridized carbons (Fsp3) is 0.263. The van der Waals surface area contributed by atoms with E-state index >= 15 is 0 Å². The number of rotatable bonds is 3. The van der Waals surface area contributed by atoms with E-state index in [4.69, 9.17) is 11.5 Å². The number of halogens is 2. The Morgan fingerprint density at radius 3 is 2.61 bits per heavy atom. The van der Waals surface area contributed by atoms with Crippen molar-refractivity contribution in [1.29, 1.82) is 0 Å². The van der Waals surface area contributed by atoms with Crippen LogP contribution in [0.2, 0.25) is 0 Å². The highest BCUT2D eigenvalue weighted by Crippen LogP contribution is 2.26. The Kier molecular flexibility index (Phi) is 4.60. The van der Waals surface area contributed by atoms with E-state index in [9.17, 15) is 8.78 Å². The Bertz CT molecular complexity index is 1040. The van der Waals surface area contributed by atoms with Crippen LogP contribution in [0.15, 0.2) is 35.6 Å². The Morgan fingerprint density at radius 2 is 1.89 bits per heavy atom. The lowest BCUT2D eigenvalue weighted by Gasteiger charge is -2.30. The lowest BCUT2D eigenvalue weighted by atomic mass is 10.1. The van der Waals surface area contributed by atoms with Gasteiger partial charge in [-0.05, 0) is 19.1 Å². The predicted molar refractivity (Wildman–Crippen MR) is 106 cm³/mol. The van der Waals surface area contributed by atoms with Crippen molar-refractivity contribution in [3.8, 4) is 0 Å². The molecule has 0 amide bonds. The summed E-state index contributed by atoms with van der Waals surface area (Å²) < 4.78 is 30.5. The topological polar surface area (TPSA) is 97.0 Å². The fourth-order valence-electron chi connectivity index (χ4n) is 3.41. The normalized spacial score (nSPS) is 15.4. The van der Waals surface area contributed by atoms with Gasteiger partial charge in [0.1, 0.15) is 11.7 Å². The van der Waals surface area contributed by atoms with E-state index in [1.807, 2.05) is 0 Å². The zero-order valence-electron chi connectivity index (χ0n) is 15.4. The van der Waals surface area contributed by atoms with Crippen molar-refractivity contribution in [2.75, 3.05) is 36.8 Å². The summed E-state index contributed by atoms with van der Waals surface area (Å²) in [5, 5.41) is 3.25. The number of amidine groups is 1. The molecule has 28 heavy (non-hydrogen) atoms. The van der Waals surface area contributed by atoms with Gasteiger partial charge in [0.25, 0.3) is 0 Å². The highest BCUT2D eigenvalue weighted by molar-refractivity contribution is 6.04. The Morgan fingerprint density at radius 1 is 1.14 bits per heavy atom. The van der Waals surface area contributed by atoms with Gasteiger partial charge in [0.15, 0.2) is 11.5 Å². The summed E-state index contributed by atoms with van der Waals surface area (Å²) >= 11 is 0. The molecule has 1 aliphatic rings. The van der Waals surface area contributed by atoms with Gasteiger partial charge in [-0.15, -0.1) is 0 Å². The van der Waals surface area contributed by atoms with Crippen LogP contribution >= 0.6 is 0 Å². The van der Waals surface area contributed by atoms with Crippen LogP contribution in [0.4, 0.5) is 25.8 Å². The van der Waals surface area contributed by atoms with Crippen LogP contribution in [0.25, 0.3) is 5.65 Å². The molecule has 0 unspecified atom stereocenters. The van der Waals surface area contributed by atoms with Crippen molar-refractivity contribution in [2.45, 2.75) is 6.92 Å². The third-order valence-corrected chi connectivity index (χ3v) is 4.71. The Labute approximate surface area is 160 Å². The van der Waals surface area contributed by atoms with E-state index < -0.39 is 11.6 Å². The number of aliphatic imine (C=N–C) groups is 1. The quantitative estimate of drug-likeness (QED) is 0.364. The van der Waals surface area contributed by atoms with Gasteiger partial charge in [0.05, 0.1) is 16.9 Å². The molecule has 0 aliphatic carbocycles. The number of aromatic nitrogens is 2. The number of nitrogens with two attached hydrogens (primary N) is 2. The van der Waals surface area contributed by atoms with E-state index in [2.05, 4.69) is 20.2 Å². The van der Waals surface area contributed by atoms with Crippen LogP contribution in [0.5, 0.6) is 0 Å². The van der Waals surface area contributed by atoms with Gasteiger partial charge in [-0.25, -0.2) is 18.8 Å². The predicted octanol–water partition coefficient (Wildman–Crippen LogP) is 1.95. The monoisotopic (exact) mass is 385 g/mol. The molecule has 0 atom stereocenters. The average Bonchev–Trinajstić information content (AvgIpc) is 3.02. The maximum absolute atomic E-state index is 14.8. The average molecular weight is 385 g/mol. The molecular weight excluding hydrogens is 364 g/mol. The first-order valence-corrected chi connectivity index (χ1v) is 8.96. The molecule has 2 aromatic heterocycles. The molecule has 0 radical (unpaired) electrons. The van der Waals surface area contributed by atoms with E-state index in [0.717, 1.165) is 26.2 Å². The maximum atomic E-state index is 14.8. The van der Waals surface area contributed by atoms with Crippen LogP contribution < -0.4 is 21.7 Å². The van der Waals surface area contributed by atoms with Crippen molar-refractivity contribution in [1.82, 2.24) is 14.7 Å². The molecule has 5 N–H and O–H groups in total. The standard InChI is InChI=1S/C19H21F2N7/c1-11-9-28-10-12(6-15(21)19(28)25-11)26-18(23)17-14(20)7-13(8-16(17)22)27-4-2-24-3-5-27/h6-10,24H,2-5,22H2,1H3,(H2,23,26). The molecule has 7 nitrogen and oxygen atoms in total. The molecule has 146 valence electrons. The van der Waals surface area contributed by atoms with Crippen LogP contribution in [0.3, 0.4) is 0 Å². The minimum absolute atomic E-state index is 0.0150. The number of fused-ring (bicyclic) bond motifs is 1. The summed E-state index contributed by atoms with van der Waals surface area (Å²) in [6, 6.07) is 4.30. The number of aryl methyl sites for hydroxylation is 1. The van der Waals surface area contributed by atoms with Crippen molar-refractivity contribution in [3.05, 3.63) is 53.5 Å². The summed E-state index contributed by atoms with van der Waals surface area (Å²) in [5.74, 6) is -1.21. The SMILES string of the molecule is Cc1cn2cc(N=C(N)c3c(N)cc(N4CCNCC4)cc3F)cc(F)c2n1. The molecule has 4 rings (SSSR count). The summed E-state index contributed by atoms with van der Waals surface area (Å²) in [6.45, 7) is 4.96. The van der Waals surface area contributed by atoms with E-state index in [1.54, 1.807) is 25.4 Å². The third-order valence-electron chi connectivity index (χ3n) is 4.71. The molecule has 0 bridgehead atoms. The highest BCUT2D eigenvalue weighted by atomic mass is 19.1. The summed E-state index contributed by atoms with van der Waals surface area (Å²) in [7, 11) is 0. The number of piperazine rings is 1. The van der Waals surface area contributed by atoms with Gasteiger partial charge in [-0.3, -0.25) is 0 Å². The van der Waals surface area contributed by atoms with Crippen molar-refractivity contribution in [2.24, 2.45) is 10.7 Å². The van der Waals surface area contributed by atoms with E-state index in [1.165, 1.54) is 16.5 Å². The molecule has 1 aliphatic heterocycles. The second-order valence-electron chi connectivity index (χ2n) is 6.79. The molecule has 3 heterocycles. The van der Waals surface area contributed by atoms with Crippen LogP contribution in [0, 0.1) is 18.6 Å². The minimum atomic E-state index is -0.560. The first-order chi connectivity index (χ1) is 13.4. The number of benzene rings is 1. The lowest BCUT2D eigenvalue weighted by Crippen LogP contribution is -2.43. The van der Waals surface area contributed by atoms with Crippen molar-refractivity contribution >= 4 is 28.5 Å². The number of hydrogen-bond donors (Lipinski definition) is 3. The molecule has 1 saturated heterocycles. The summed E-state index contributed by atoms with van der Waals surface area (Å²) in [4.78, 5) is 10.3. The maximum Gasteiger partial charge on any atom is 0.173 e.